The van der Waals surface area contributed by atoms with Crippen molar-refractivity contribution in [1.29, 1.82) is 0 Å². The zero-order valence-corrected chi connectivity index (χ0v) is 9.64. The average Bonchev–Trinajstić information content (AvgIpc) is 2.18. The maximum Gasteiger partial charge on any atom is 0.392 e. The molecule has 0 aliphatic carbocycles. The molecule has 0 atom stereocenters. The Morgan fingerprint density at radius 2 is 2.06 bits per heavy atom. The highest BCUT2D eigenvalue weighted by molar-refractivity contribution is 9.10. The van der Waals surface area contributed by atoms with Gasteiger partial charge in [-0.1, -0.05) is 6.07 Å². The standard InChI is InChI=1S/C10H8BrF3O2/c11-8-3-1-2-7(6-15)9(8)16-5-4-10(12,13)14/h1-3,6H,4-5H2. The first kappa shape index (κ1) is 13.0. The molecule has 0 aromatic heterocycles. The van der Waals surface area contributed by atoms with Crippen LogP contribution in [0.3, 0.4) is 0 Å². The quantitative estimate of drug-likeness (QED) is 0.794. The van der Waals surface area contributed by atoms with Crippen molar-refractivity contribution in [2.45, 2.75) is 12.6 Å². The lowest BCUT2D eigenvalue weighted by Gasteiger charge is -2.11. The molecule has 1 aromatic rings. The Balaban J connectivity index is 2.70. The van der Waals surface area contributed by atoms with Gasteiger partial charge in [-0.2, -0.15) is 13.2 Å². The summed E-state index contributed by atoms with van der Waals surface area (Å²) in [6.07, 6.45) is -4.77. The number of benzene rings is 1. The van der Waals surface area contributed by atoms with Crippen LogP contribution in [0.25, 0.3) is 0 Å². The fourth-order valence-corrected chi connectivity index (χ4v) is 1.54. The Hall–Kier alpha value is -1.04. The summed E-state index contributed by atoms with van der Waals surface area (Å²) in [5, 5.41) is 0. The van der Waals surface area contributed by atoms with E-state index in [0.717, 1.165) is 0 Å². The summed E-state index contributed by atoms with van der Waals surface area (Å²) in [5.74, 6) is 0.141. The van der Waals surface area contributed by atoms with Gasteiger partial charge in [0.05, 0.1) is 23.1 Å². The van der Waals surface area contributed by atoms with E-state index in [9.17, 15) is 18.0 Å². The number of rotatable bonds is 4. The van der Waals surface area contributed by atoms with Crippen molar-refractivity contribution in [2.24, 2.45) is 0 Å². The van der Waals surface area contributed by atoms with Gasteiger partial charge in [0.2, 0.25) is 0 Å². The first-order chi connectivity index (χ1) is 7.44. The van der Waals surface area contributed by atoms with E-state index >= 15 is 0 Å². The van der Waals surface area contributed by atoms with Gasteiger partial charge in [-0.05, 0) is 28.1 Å². The maximum atomic E-state index is 11.9. The molecule has 0 heterocycles. The zero-order valence-electron chi connectivity index (χ0n) is 8.05. The summed E-state index contributed by atoms with van der Waals surface area (Å²) in [4.78, 5) is 10.6. The third-order valence-corrected chi connectivity index (χ3v) is 2.38. The molecule has 0 aliphatic heterocycles. The maximum absolute atomic E-state index is 11.9. The lowest BCUT2D eigenvalue weighted by atomic mass is 10.2. The van der Waals surface area contributed by atoms with Gasteiger partial charge in [-0.3, -0.25) is 4.79 Å². The molecule has 0 fully saturated rings. The van der Waals surface area contributed by atoms with Crippen LogP contribution in [0.15, 0.2) is 22.7 Å². The van der Waals surface area contributed by atoms with E-state index in [1.165, 1.54) is 6.07 Å². The van der Waals surface area contributed by atoms with Gasteiger partial charge in [0, 0.05) is 0 Å². The topological polar surface area (TPSA) is 26.3 Å². The molecule has 16 heavy (non-hydrogen) atoms. The van der Waals surface area contributed by atoms with E-state index in [0.29, 0.717) is 10.8 Å². The smallest absolute Gasteiger partial charge is 0.392 e. The summed E-state index contributed by atoms with van der Waals surface area (Å²) in [5.41, 5.74) is 0.219. The molecule has 0 spiro atoms. The summed E-state index contributed by atoms with van der Waals surface area (Å²) in [6.45, 7) is -0.507. The van der Waals surface area contributed by atoms with E-state index in [4.69, 9.17) is 4.74 Å². The molecule has 0 unspecified atom stereocenters. The lowest BCUT2D eigenvalue weighted by Crippen LogP contribution is -2.13. The molecular weight excluding hydrogens is 289 g/mol. The van der Waals surface area contributed by atoms with E-state index in [-0.39, 0.29) is 11.3 Å². The van der Waals surface area contributed by atoms with E-state index < -0.39 is 19.2 Å². The van der Waals surface area contributed by atoms with Crippen molar-refractivity contribution in [3.63, 3.8) is 0 Å². The highest BCUT2D eigenvalue weighted by Crippen LogP contribution is 2.29. The van der Waals surface area contributed by atoms with E-state index in [1.807, 2.05) is 0 Å². The SMILES string of the molecule is O=Cc1cccc(Br)c1OCCC(F)(F)F. The number of para-hydroxylation sites is 1. The van der Waals surface area contributed by atoms with Crippen molar-refractivity contribution in [2.75, 3.05) is 6.61 Å². The van der Waals surface area contributed by atoms with Gasteiger partial charge >= 0.3 is 6.18 Å². The van der Waals surface area contributed by atoms with Crippen LogP contribution < -0.4 is 4.74 Å². The van der Waals surface area contributed by atoms with Crippen LogP contribution in [0.1, 0.15) is 16.8 Å². The number of alkyl halides is 3. The van der Waals surface area contributed by atoms with Crippen LogP contribution >= 0.6 is 15.9 Å². The van der Waals surface area contributed by atoms with E-state index in [1.54, 1.807) is 12.1 Å². The minimum Gasteiger partial charge on any atom is -0.491 e. The Morgan fingerprint density at radius 3 is 2.62 bits per heavy atom. The number of ether oxygens (including phenoxy) is 1. The molecule has 0 amide bonds. The predicted molar refractivity (Wildman–Crippen MR) is 55.7 cm³/mol. The minimum atomic E-state index is -4.26. The number of carbonyl (C=O) groups excluding carboxylic acids is 1. The number of hydrogen-bond acceptors (Lipinski definition) is 2. The minimum absolute atomic E-state index is 0.141. The van der Waals surface area contributed by atoms with Gasteiger partial charge in [0.15, 0.2) is 6.29 Å². The molecule has 0 radical (unpaired) electrons. The van der Waals surface area contributed by atoms with E-state index in [2.05, 4.69) is 15.9 Å². The van der Waals surface area contributed by atoms with Crippen molar-refractivity contribution in [3.05, 3.63) is 28.2 Å². The van der Waals surface area contributed by atoms with Gasteiger partial charge in [-0.15, -0.1) is 0 Å². The number of aldehydes is 1. The molecule has 88 valence electrons. The van der Waals surface area contributed by atoms with Crippen LogP contribution in [-0.2, 0) is 0 Å². The molecular formula is C10H8BrF3O2. The average molecular weight is 297 g/mol. The number of halogens is 4. The summed E-state index contributed by atoms with van der Waals surface area (Å²) >= 11 is 3.10. The van der Waals surface area contributed by atoms with Crippen LogP contribution in [0, 0.1) is 0 Å². The molecule has 0 saturated heterocycles. The fourth-order valence-electron chi connectivity index (χ4n) is 1.04. The largest absolute Gasteiger partial charge is 0.491 e. The molecule has 0 saturated carbocycles. The molecule has 2 nitrogen and oxygen atoms in total. The van der Waals surface area contributed by atoms with Crippen LogP contribution in [0.5, 0.6) is 5.75 Å². The molecule has 0 aliphatic rings. The van der Waals surface area contributed by atoms with Gasteiger partial charge in [0.1, 0.15) is 5.75 Å². The van der Waals surface area contributed by atoms with Crippen molar-refractivity contribution in [3.8, 4) is 5.75 Å². The number of hydrogen-bond donors (Lipinski definition) is 0. The normalized spacial score (nSPS) is 11.2. The molecule has 6 heteroatoms. The highest BCUT2D eigenvalue weighted by Gasteiger charge is 2.27. The molecule has 1 aromatic carbocycles. The first-order valence-electron chi connectivity index (χ1n) is 4.37. The second kappa shape index (κ2) is 5.34. The second-order valence-electron chi connectivity index (χ2n) is 2.99. The monoisotopic (exact) mass is 296 g/mol. The molecule has 1 rings (SSSR count). The third-order valence-electron chi connectivity index (χ3n) is 1.76. The highest BCUT2D eigenvalue weighted by atomic mass is 79.9. The van der Waals surface area contributed by atoms with Crippen molar-refractivity contribution < 1.29 is 22.7 Å². The lowest BCUT2D eigenvalue weighted by molar-refractivity contribution is -0.139. The Morgan fingerprint density at radius 1 is 1.38 bits per heavy atom. The summed E-state index contributed by atoms with van der Waals surface area (Å²) in [7, 11) is 0. The Labute approximate surface area is 98.5 Å². The molecule has 0 N–H and O–H groups in total. The fraction of sp³-hybridized carbons (Fsp3) is 0.300. The van der Waals surface area contributed by atoms with Gasteiger partial charge in [0.25, 0.3) is 0 Å². The third kappa shape index (κ3) is 3.84. The van der Waals surface area contributed by atoms with Crippen LogP contribution in [0.2, 0.25) is 0 Å². The van der Waals surface area contributed by atoms with Crippen LogP contribution in [-0.4, -0.2) is 19.1 Å². The predicted octanol–water partition coefficient (Wildman–Crippen LogP) is 3.59. The zero-order chi connectivity index (χ0) is 12.2. The number of carbonyl (C=O) groups is 1. The summed E-state index contributed by atoms with van der Waals surface area (Å²) < 4.78 is 41.0. The van der Waals surface area contributed by atoms with Crippen molar-refractivity contribution >= 4 is 22.2 Å². The second-order valence-corrected chi connectivity index (χ2v) is 3.84. The first-order valence-corrected chi connectivity index (χ1v) is 5.16. The molecule has 0 bridgehead atoms. The van der Waals surface area contributed by atoms with Gasteiger partial charge in [-0.25, -0.2) is 0 Å². The summed E-state index contributed by atoms with van der Waals surface area (Å²) in [6, 6.07) is 4.67. The Kier molecular flexibility index (Phi) is 4.35. The Bertz CT molecular complexity index is 377. The van der Waals surface area contributed by atoms with Crippen LogP contribution in [0.4, 0.5) is 13.2 Å². The van der Waals surface area contributed by atoms with Gasteiger partial charge < -0.3 is 4.74 Å². The van der Waals surface area contributed by atoms with Crippen molar-refractivity contribution in [1.82, 2.24) is 0 Å².